The molecule has 0 aliphatic carbocycles. The lowest BCUT2D eigenvalue weighted by Crippen LogP contribution is -2.14. The molecule has 5 heteroatoms. The van der Waals surface area contributed by atoms with Crippen LogP contribution in [0.1, 0.15) is 0 Å². The van der Waals surface area contributed by atoms with Crippen LogP contribution in [0.25, 0.3) is 28.2 Å². The largest absolute Gasteiger partial charge is 0.270 e. The van der Waals surface area contributed by atoms with Crippen LogP contribution in [0.2, 0.25) is 0 Å². The van der Waals surface area contributed by atoms with E-state index in [1.165, 1.54) is 0 Å². The minimum Gasteiger partial charge on any atom is -0.267 e. The van der Waals surface area contributed by atoms with Gasteiger partial charge in [0.25, 0.3) is 5.56 Å². The third kappa shape index (κ3) is 2.00. The van der Waals surface area contributed by atoms with Crippen LogP contribution in [0.15, 0.2) is 71.5 Å². The van der Waals surface area contributed by atoms with E-state index in [9.17, 15) is 4.79 Å². The average molecular weight is 288 g/mol. The molecule has 0 saturated carbocycles. The van der Waals surface area contributed by atoms with Crippen LogP contribution in [0.5, 0.6) is 0 Å². The van der Waals surface area contributed by atoms with E-state index >= 15 is 0 Å². The lowest BCUT2D eigenvalue weighted by molar-refractivity contribution is 0.908. The minimum absolute atomic E-state index is 0.171. The molecule has 22 heavy (non-hydrogen) atoms. The van der Waals surface area contributed by atoms with Gasteiger partial charge in [-0.3, -0.25) is 9.89 Å². The summed E-state index contributed by atoms with van der Waals surface area (Å²) in [5.74, 6) is 0.618. The highest BCUT2D eigenvalue weighted by molar-refractivity contribution is 5.67. The van der Waals surface area contributed by atoms with Gasteiger partial charge in [-0.15, -0.1) is 10.2 Å². The Balaban J connectivity index is 1.93. The van der Waals surface area contributed by atoms with E-state index in [4.69, 9.17) is 0 Å². The molecule has 0 fully saturated rings. The summed E-state index contributed by atoms with van der Waals surface area (Å²) >= 11 is 0. The van der Waals surface area contributed by atoms with Gasteiger partial charge < -0.3 is 0 Å². The number of nitrogens with zero attached hydrogens (tertiary/aromatic N) is 3. The molecule has 0 saturated heterocycles. The highest BCUT2D eigenvalue weighted by Gasteiger charge is 2.11. The molecule has 0 atom stereocenters. The third-order valence-electron chi connectivity index (χ3n) is 3.54. The van der Waals surface area contributed by atoms with Gasteiger partial charge in [0.15, 0.2) is 11.5 Å². The topological polar surface area (TPSA) is 63.0 Å². The van der Waals surface area contributed by atoms with Crippen LogP contribution < -0.4 is 5.56 Å². The monoisotopic (exact) mass is 288 g/mol. The molecule has 0 aliphatic heterocycles. The Morgan fingerprint density at radius 2 is 1.45 bits per heavy atom. The molecule has 4 rings (SSSR count). The zero-order valence-corrected chi connectivity index (χ0v) is 11.6. The van der Waals surface area contributed by atoms with E-state index in [-0.39, 0.29) is 5.56 Å². The molecule has 4 aromatic rings. The lowest BCUT2D eigenvalue weighted by atomic mass is 10.1. The summed E-state index contributed by atoms with van der Waals surface area (Å²) in [7, 11) is 0. The first kappa shape index (κ1) is 12.5. The molecule has 5 nitrogen and oxygen atoms in total. The van der Waals surface area contributed by atoms with E-state index in [1.54, 1.807) is 10.6 Å². The van der Waals surface area contributed by atoms with Crippen molar-refractivity contribution in [2.24, 2.45) is 0 Å². The predicted molar refractivity (Wildman–Crippen MR) is 84.5 cm³/mol. The molecule has 0 amide bonds. The molecule has 0 unspecified atom stereocenters. The molecule has 2 aromatic carbocycles. The van der Waals surface area contributed by atoms with Gasteiger partial charge in [-0.2, -0.15) is 0 Å². The van der Waals surface area contributed by atoms with E-state index in [0.29, 0.717) is 17.0 Å². The molecular weight excluding hydrogens is 276 g/mol. The number of benzene rings is 2. The van der Waals surface area contributed by atoms with Gasteiger partial charge in [0.2, 0.25) is 0 Å². The number of nitrogens with one attached hydrogen (secondary N) is 1. The smallest absolute Gasteiger partial charge is 0.267 e. The van der Waals surface area contributed by atoms with Crippen molar-refractivity contribution in [2.75, 3.05) is 0 Å². The summed E-state index contributed by atoms with van der Waals surface area (Å²) in [5.41, 5.74) is 2.78. The Bertz CT molecular complexity index is 988. The number of hydrogen-bond acceptors (Lipinski definition) is 3. The molecule has 1 N–H and O–H groups in total. The second-order valence-electron chi connectivity index (χ2n) is 4.95. The van der Waals surface area contributed by atoms with Gasteiger partial charge in [0.1, 0.15) is 0 Å². The maximum absolute atomic E-state index is 12.4. The van der Waals surface area contributed by atoms with Gasteiger partial charge >= 0.3 is 0 Å². The molecular formula is C17H12N4O. The van der Waals surface area contributed by atoms with Crippen molar-refractivity contribution in [3.05, 3.63) is 77.1 Å². The van der Waals surface area contributed by atoms with Crippen molar-refractivity contribution >= 4 is 5.65 Å². The van der Waals surface area contributed by atoms with Crippen molar-refractivity contribution in [1.29, 1.82) is 0 Å². The SMILES string of the molecule is O=c1[nH]n2c(-c3ccccc3)nnc2cc1-c1ccccc1. The molecule has 2 heterocycles. The maximum Gasteiger partial charge on any atom is 0.270 e. The highest BCUT2D eigenvalue weighted by atomic mass is 16.1. The van der Waals surface area contributed by atoms with Crippen LogP contribution in [-0.4, -0.2) is 19.8 Å². The normalized spacial score (nSPS) is 10.9. The summed E-state index contributed by atoms with van der Waals surface area (Å²) in [6.45, 7) is 0. The van der Waals surface area contributed by atoms with Crippen molar-refractivity contribution in [1.82, 2.24) is 19.8 Å². The fourth-order valence-corrected chi connectivity index (χ4v) is 2.46. The summed E-state index contributed by atoms with van der Waals surface area (Å²) in [6.07, 6.45) is 0. The van der Waals surface area contributed by atoms with Crippen molar-refractivity contribution < 1.29 is 0 Å². The second kappa shape index (κ2) is 4.96. The summed E-state index contributed by atoms with van der Waals surface area (Å²) in [5, 5.41) is 11.2. The zero-order valence-electron chi connectivity index (χ0n) is 11.6. The quantitative estimate of drug-likeness (QED) is 0.617. The van der Waals surface area contributed by atoms with Crippen LogP contribution >= 0.6 is 0 Å². The number of aromatic amines is 1. The second-order valence-corrected chi connectivity index (χ2v) is 4.95. The van der Waals surface area contributed by atoms with Crippen LogP contribution in [-0.2, 0) is 0 Å². The predicted octanol–water partition coefficient (Wildman–Crippen LogP) is 2.75. The first-order valence-electron chi connectivity index (χ1n) is 6.92. The Labute approximate surface area is 125 Å². The number of hydrogen-bond donors (Lipinski definition) is 1. The molecule has 106 valence electrons. The average Bonchev–Trinajstić information content (AvgIpc) is 2.98. The van der Waals surface area contributed by atoms with Gasteiger partial charge in [-0.25, -0.2) is 4.52 Å². The van der Waals surface area contributed by atoms with Gasteiger partial charge in [-0.05, 0) is 11.6 Å². The summed E-state index contributed by atoms with van der Waals surface area (Å²) in [6, 6.07) is 20.9. The third-order valence-corrected chi connectivity index (χ3v) is 3.54. The standard InChI is InChI=1S/C17H12N4O/c22-17-14(12-7-3-1-4-8-12)11-15-18-19-16(21(15)20-17)13-9-5-2-6-10-13/h1-11H,(H,20,22). The van der Waals surface area contributed by atoms with Gasteiger partial charge in [0, 0.05) is 5.56 Å². The minimum atomic E-state index is -0.171. The fraction of sp³-hybridized carbons (Fsp3) is 0. The first-order valence-corrected chi connectivity index (χ1v) is 6.92. The summed E-state index contributed by atoms with van der Waals surface area (Å²) < 4.78 is 1.62. The molecule has 2 aromatic heterocycles. The van der Waals surface area contributed by atoms with E-state index < -0.39 is 0 Å². The van der Waals surface area contributed by atoms with Gasteiger partial charge in [-0.1, -0.05) is 60.7 Å². The van der Waals surface area contributed by atoms with E-state index in [0.717, 1.165) is 11.1 Å². The number of aromatic nitrogens is 4. The Hall–Kier alpha value is -3.21. The number of H-pyrrole nitrogens is 1. The van der Waals surface area contributed by atoms with Crippen LogP contribution in [0.4, 0.5) is 0 Å². The lowest BCUT2D eigenvalue weighted by Gasteiger charge is -2.03. The first-order chi connectivity index (χ1) is 10.8. The molecule has 0 bridgehead atoms. The Morgan fingerprint density at radius 3 is 2.14 bits per heavy atom. The highest BCUT2D eigenvalue weighted by Crippen LogP contribution is 2.19. The van der Waals surface area contributed by atoms with Gasteiger partial charge in [0.05, 0.1) is 5.56 Å². The number of rotatable bonds is 2. The molecule has 0 spiro atoms. The summed E-state index contributed by atoms with van der Waals surface area (Å²) in [4.78, 5) is 12.4. The maximum atomic E-state index is 12.4. The molecule has 0 aliphatic rings. The van der Waals surface area contributed by atoms with Crippen molar-refractivity contribution in [3.8, 4) is 22.5 Å². The molecule has 0 radical (unpaired) electrons. The fourth-order valence-electron chi connectivity index (χ4n) is 2.46. The van der Waals surface area contributed by atoms with Crippen LogP contribution in [0.3, 0.4) is 0 Å². The Morgan fingerprint density at radius 1 is 0.818 bits per heavy atom. The van der Waals surface area contributed by atoms with E-state index in [1.807, 2.05) is 60.7 Å². The zero-order chi connectivity index (χ0) is 14.9. The Kier molecular flexibility index (Phi) is 2.83. The van der Waals surface area contributed by atoms with Crippen molar-refractivity contribution in [3.63, 3.8) is 0 Å². The van der Waals surface area contributed by atoms with Crippen LogP contribution in [0, 0.1) is 0 Å². The van der Waals surface area contributed by atoms with Crippen molar-refractivity contribution in [2.45, 2.75) is 0 Å². The van der Waals surface area contributed by atoms with E-state index in [2.05, 4.69) is 15.3 Å². The number of fused-ring (bicyclic) bond motifs is 1.